The van der Waals surface area contributed by atoms with E-state index in [4.69, 9.17) is 32.5 Å². The number of H-pyrrole nitrogens is 1. The highest BCUT2D eigenvalue weighted by Crippen LogP contribution is 2.66. The molecule has 192 valence electrons. The average molecular weight is 571 g/mol. The quantitative estimate of drug-likeness (QED) is 0.0944. The van der Waals surface area contributed by atoms with Crippen molar-refractivity contribution in [3.8, 4) is 12.3 Å². The number of aliphatic hydroxyl groups excluding tert-OH is 2. The van der Waals surface area contributed by atoms with E-state index in [0.29, 0.717) is 0 Å². The standard InChI is InChI=1S/C13H18ClN2O15P3/c1-2-7(17)9-10(19)13(5-14,29-11(9)16-4-3-8(18)15-12(16)20)6-28-33(24,25)31-34(26,27)30-32(21,22)23/h1,3-4,7,9-11,17,19H,5-6H2,(H,24,25)(H,26,27)(H,15,18,20)(H2,21,22,23)/t7?,9?,10-,11+,13+/m0/s1. The summed E-state index contributed by atoms with van der Waals surface area (Å²) in [4.78, 5) is 61.4. The van der Waals surface area contributed by atoms with E-state index in [1.165, 1.54) is 0 Å². The number of hydrogen-bond donors (Lipinski definition) is 7. The SMILES string of the molecule is C#CC(O)C1[C@H](n2ccc(=O)[nH]c2=O)O[C@](CCl)(COP(=O)(O)OP(=O)(O)OP(=O)(O)O)[C@H]1O. The van der Waals surface area contributed by atoms with Gasteiger partial charge in [-0.1, -0.05) is 5.92 Å². The highest BCUT2D eigenvalue weighted by atomic mass is 35.5. The smallest absolute Gasteiger partial charge is 0.389 e. The fraction of sp³-hybridized carbons (Fsp3) is 0.538. The summed E-state index contributed by atoms with van der Waals surface area (Å²) < 4.78 is 52.2. The van der Waals surface area contributed by atoms with Crippen molar-refractivity contribution in [3.05, 3.63) is 33.1 Å². The van der Waals surface area contributed by atoms with Crippen LogP contribution in [0, 0.1) is 18.3 Å². The number of nitrogens with one attached hydrogen (secondary N) is 1. The second-order valence-electron chi connectivity index (χ2n) is 6.72. The Morgan fingerprint density at radius 3 is 2.35 bits per heavy atom. The number of ether oxygens (including phenoxy) is 1. The number of phosphoric acid groups is 3. The number of terminal acetylenes is 1. The van der Waals surface area contributed by atoms with Gasteiger partial charge in [0.15, 0.2) is 0 Å². The van der Waals surface area contributed by atoms with Crippen LogP contribution >= 0.6 is 35.1 Å². The predicted octanol–water partition coefficient (Wildman–Crippen LogP) is -1.64. The molecule has 0 aromatic carbocycles. The molecule has 1 aromatic rings. The van der Waals surface area contributed by atoms with Gasteiger partial charge in [-0.3, -0.25) is 18.9 Å². The van der Waals surface area contributed by atoms with Crippen molar-refractivity contribution in [3.63, 3.8) is 0 Å². The summed E-state index contributed by atoms with van der Waals surface area (Å²) in [5, 5.41) is 21.0. The van der Waals surface area contributed by atoms with Gasteiger partial charge < -0.3 is 34.5 Å². The zero-order valence-corrected chi connectivity index (χ0v) is 19.9. The van der Waals surface area contributed by atoms with E-state index in [1.807, 2.05) is 10.9 Å². The summed E-state index contributed by atoms with van der Waals surface area (Å²) in [6, 6.07) is 0.906. The van der Waals surface area contributed by atoms with Crippen molar-refractivity contribution in [2.24, 2.45) is 5.92 Å². The Balaban J connectivity index is 2.35. The molecule has 0 saturated carbocycles. The molecule has 1 aliphatic heterocycles. The predicted molar refractivity (Wildman–Crippen MR) is 109 cm³/mol. The third kappa shape index (κ3) is 6.94. The number of aromatic amines is 1. The molecule has 0 bridgehead atoms. The Kier molecular flexibility index (Phi) is 8.92. The van der Waals surface area contributed by atoms with Crippen molar-refractivity contribution in [2.45, 2.75) is 24.0 Å². The summed E-state index contributed by atoms with van der Waals surface area (Å²) in [7, 11) is -17.1. The van der Waals surface area contributed by atoms with E-state index in [0.717, 1.165) is 16.8 Å². The number of aliphatic hydroxyl groups is 2. The van der Waals surface area contributed by atoms with Crippen molar-refractivity contribution >= 4 is 35.1 Å². The molecule has 1 aromatic heterocycles. The lowest BCUT2D eigenvalue weighted by molar-refractivity contribution is -0.113. The number of nitrogens with zero attached hydrogens (tertiary/aromatic N) is 1. The van der Waals surface area contributed by atoms with Gasteiger partial charge in [0.05, 0.1) is 24.5 Å². The van der Waals surface area contributed by atoms with E-state index in [9.17, 15) is 43.3 Å². The van der Waals surface area contributed by atoms with Gasteiger partial charge in [0.25, 0.3) is 5.56 Å². The van der Waals surface area contributed by atoms with Crippen molar-refractivity contribution in [1.29, 1.82) is 0 Å². The molecule has 0 amide bonds. The van der Waals surface area contributed by atoms with E-state index in [2.05, 4.69) is 13.1 Å². The number of phosphoric ester groups is 1. The van der Waals surface area contributed by atoms with Gasteiger partial charge in [-0.15, -0.1) is 18.0 Å². The number of hydrogen-bond acceptors (Lipinski definition) is 11. The van der Waals surface area contributed by atoms with Gasteiger partial charge in [-0.05, 0) is 0 Å². The first-order valence-corrected chi connectivity index (χ1v) is 13.7. The van der Waals surface area contributed by atoms with Crippen LogP contribution in [0.5, 0.6) is 0 Å². The van der Waals surface area contributed by atoms with E-state index >= 15 is 0 Å². The van der Waals surface area contributed by atoms with Gasteiger partial charge in [0.1, 0.15) is 17.9 Å². The first kappa shape index (κ1) is 29.1. The lowest BCUT2D eigenvalue weighted by Gasteiger charge is -2.30. The Morgan fingerprint density at radius 1 is 1.24 bits per heavy atom. The number of aromatic nitrogens is 2. The van der Waals surface area contributed by atoms with E-state index < -0.39 is 77.2 Å². The molecule has 7 N–H and O–H groups in total. The molecule has 1 saturated heterocycles. The Morgan fingerprint density at radius 2 is 1.85 bits per heavy atom. The van der Waals surface area contributed by atoms with Crippen LogP contribution < -0.4 is 11.2 Å². The summed E-state index contributed by atoms with van der Waals surface area (Å²) in [5.74, 6) is -0.350. The fourth-order valence-electron chi connectivity index (χ4n) is 2.97. The van der Waals surface area contributed by atoms with Crippen LogP contribution in [-0.2, 0) is 31.6 Å². The summed E-state index contributed by atoms with van der Waals surface area (Å²) in [5.41, 5.74) is -4.04. The van der Waals surface area contributed by atoms with Crippen LogP contribution in [0.1, 0.15) is 6.23 Å². The summed E-state index contributed by atoms with van der Waals surface area (Å²) >= 11 is 5.85. The van der Waals surface area contributed by atoms with Gasteiger partial charge in [0.2, 0.25) is 0 Å². The number of alkyl halides is 1. The lowest BCUT2D eigenvalue weighted by Crippen LogP contribution is -2.48. The maximum atomic E-state index is 12.2. The first-order valence-electron chi connectivity index (χ1n) is 8.62. The number of rotatable bonds is 10. The molecule has 2 heterocycles. The molecular weight excluding hydrogens is 553 g/mol. The maximum Gasteiger partial charge on any atom is 0.490 e. The summed E-state index contributed by atoms with van der Waals surface area (Å²) in [6.45, 7) is -1.20. The second kappa shape index (κ2) is 10.4. The molecule has 21 heteroatoms. The topological polar surface area (TPSA) is 264 Å². The van der Waals surface area contributed by atoms with Gasteiger partial charge in [0, 0.05) is 12.3 Å². The largest absolute Gasteiger partial charge is 0.490 e. The minimum Gasteiger partial charge on any atom is -0.389 e. The van der Waals surface area contributed by atoms with E-state index in [1.54, 1.807) is 0 Å². The Bertz CT molecular complexity index is 1200. The first-order chi connectivity index (χ1) is 15.5. The average Bonchev–Trinajstić information content (AvgIpc) is 2.96. The van der Waals surface area contributed by atoms with Crippen LogP contribution in [0.2, 0.25) is 0 Å². The second-order valence-corrected chi connectivity index (χ2v) is 11.4. The number of halogens is 1. The van der Waals surface area contributed by atoms with Crippen molar-refractivity contribution in [1.82, 2.24) is 9.55 Å². The zero-order valence-electron chi connectivity index (χ0n) is 16.5. The fourth-order valence-corrected chi connectivity index (χ4v) is 6.34. The highest BCUT2D eigenvalue weighted by molar-refractivity contribution is 7.66. The van der Waals surface area contributed by atoms with Crippen LogP contribution in [0.4, 0.5) is 0 Å². The molecule has 34 heavy (non-hydrogen) atoms. The molecule has 2 rings (SSSR count). The molecular formula is C13H18ClN2O15P3. The van der Waals surface area contributed by atoms with Crippen LogP contribution in [-0.4, -0.2) is 69.6 Å². The Hall–Kier alpha value is -1.18. The monoisotopic (exact) mass is 570 g/mol. The van der Waals surface area contributed by atoms with Crippen LogP contribution in [0.25, 0.3) is 0 Å². The van der Waals surface area contributed by atoms with E-state index in [-0.39, 0.29) is 0 Å². The van der Waals surface area contributed by atoms with Crippen LogP contribution in [0.3, 0.4) is 0 Å². The normalized spacial score (nSPS) is 29.6. The van der Waals surface area contributed by atoms with Gasteiger partial charge in [-0.2, -0.15) is 8.62 Å². The minimum atomic E-state index is -5.83. The Labute approximate surface area is 194 Å². The van der Waals surface area contributed by atoms with Crippen molar-refractivity contribution < 1.29 is 61.4 Å². The van der Waals surface area contributed by atoms with Crippen LogP contribution in [0.15, 0.2) is 21.9 Å². The van der Waals surface area contributed by atoms with Crippen molar-refractivity contribution in [2.75, 3.05) is 12.5 Å². The third-order valence-corrected chi connectivity index (χ3v) is 8.60. The lowest BCUT2D eigenvalue weighted by atomic mass is 9.87. The molecule has 0 radical (unpaired) electrons. The summed E-state index contributed by atoms with van der Waals surface area (Å²) in [6.07, 6.45) is 0.843. The van der Waals surface area contributed by atoms with Gasteiger partial charge in [-0.25, -0.2) is 18.5 Å². The molecule has 1 aliphatic rings. The molecule has 0 spiro atoms. The zero-order chi connectivity index (χ0) is 26.1. The van der Waals surface area contributed by atoms with Gasteiger partial charge >= 0.3 is 29.2 Å². The molecule has 0 aliphatic carbocycles. The third-order valence-electron chi connectivity index (χ3n) is 4.36. The molecule has 4 unspecified atom stereocenters. The maximum absolute atomic E-state index is 12.2. The minimum absolute atomic E-state index is 0.731. The highest BCUT2D eigenvalue weighted by Gasteiger charge is 2.58. The molecule has 17 nitrogen and oxygen atoms in total. The molecule has 7 atom stereocenters. The molecule has 1 fully saturated rings.